The van der Waals surface area contributed by atoms with Crippen molar-refractivity contribution >= 4 is 11.7 Å². The number of carbonyl (C=O) groups excluding carboxylic acids is 1. The van der Waals surface area contributed by atoms with E-state index in [1.165, 1.54) is 4.90 Å². The van der Waals surface area contributed by atoms with Crippen LogP contribution in [0.15, 0.2) is 30.9 Å². The summed E-state index contributed by atoms with van der Waals surface area (Å²) in [5, 5.41) is 0. The van der Waals surface area contributed by atoms with Gasteiger partial charge in [-0.1, -0.05) is 12.1 Å². The zero-order valence-corrected chi connectivity index (χ0v) is 10.5. The maximum absolute atomic E-state index is 12.0. The predicted octanol–water partition coefficient (Wildman–Crippen LogP) is 1.94. The number of anilines is 1. The average molecular weight is 234 g/mol. The highest BCUT2D eigenvalue weighted by Crippen LogP contribution is 2.11. The molecule has 0 saturated carbocycles. The average Bonchev–Trinajstić information content (AvgIpc) is 2.34. The van der Waals surface area contributed by atoms with Gasteiger partial charge in [0.15, 0.2) is 0 Å². The van der Waals surface area contributed by atoms with Gasteiger partial charge in [-0.05, 0) is 26.0 Å². The van der Waals surface area contributed by atoms with Crippen LogP contribution < -0.4 is 4.90 Å². The number of rotatable bonds is 5. The van der Waals surface area contributed by atoms with Gasteiger partial charge in [0, 0.05) is 12.7 Å². The summed E-state index contributed by atoms with van der Waals surface area (Å²) in [6.45, 7) is 7.52. The van der Waals surface area contributed by atoms with Crippen molar-refractivity contribution < 1.29 is 9.53 Å². The summed E-state index contributed by atoms with van der Waals surface area (Å²) in [5.41, 5.74) is 0.877. The van der Waals surface area contributed by atoms with Crippen molar-refractivity contribution in [1.82, 2.24) is 4.98 Å². The molecule has 4 heteroatoms. The molecule has 4 nitrogen and oxygen atoms in total. The number of pyridine rings is 1. The van der Waals surface area contributed by atoms with Crippen molar-refractivity contribution in [3.63, 3.8) is 0 Å². The van der Waals surface area contributed by atoms with Crippen LogP contribution in [0.4, 0.5) is 5.82 Å². The summed E-state index contributed by atoms with van der Waals surface area (Å²) in [6, 6.07) is 5.56. The van der Waals surface area contributed by atoms with Crippen LogP contribution in [0, 0.1) is 6.92 Å². The molecule has 1 heterocycles. The van der Waals surface area contributed by atoms with Crippen LogP contribution in [-0.4, -0.2) is 30.6 Å². The number of carbonyl (C=O) groups is 1. The number of aryl methyl sites for hydroxylation is 1. The number of amides is 1. The Labute approximate surface area is 102 Å². The molecule has 0 aromatic carbocycles. The Bertz CT molecular complexity index is 404. The van der Waals surface area contributed by atoms with E-state index >= 15 is 0 Å². The van der Waals surface area contributed by atoms with Crippen LogP contribution in [0.3, 0.4) is 0 Å². The SMILES string of the molecule is C=CCO[C@H](C)C(=O)N(C)c1cccc(C)n1. The molecule has 0 fully saturated rings. The quantitative estimate of drug-likeness (QED) is 0.731. The lowest BCUT2D eigenvalue weighted by atomic mass is 10.3. The summed E-state index contributed by atoms with van der Waals surface area (Å²) in [7, 11) is 1.69. The molecule has 92 valence electrons. The normalized spacial score (nSPS) is 11.9. The van der Waals surface area contributed by atoms with E-state index in [1.54, 1.807) is 26.1 Å². The highest BCUT2D eigenvalue weighted by atomic mass is 16.5. The van der Waals surface area contributed by atoms with Gasteiger partial charge >= 0.3 is 0 Å². The van der Waals surface area contributed by atoms with Crippen LogP contribution in [0.2, 0.25) is 0 Å². The minimum atomic E-state index is -0.500. The number of hydrogen-bond donors (Lipinski definition) is 0. The van der Waals surface area contributed by atoms with Gasteiger partial charge < -0.3 is 4.74 Å². The minimum Gasteiger partial charge on any atom is -0.365 e. The third kappa shape index (κ3) is 3.67. The summed E-state index contributed by atoms with van der Waals surface area (Å²) in [4.78, 5) is 17.8. The summed E-state index contributed by atoms with van der Waals surface area (Å²) in [6.07, 6.45) is 1.12. The molecule has 1 aromatic heterocycles. The molecular weight excluding hydrogens is 216 g/mol. The number of likely N-dealkylation sites (N-methyl/N-ethyl adjacent to an activating group) is 1. The molecule has 0 radical (unpaired) electrons. The van der Waals surface area contributed by atoms with E-state index in [-0.39, 0.29) is 5.91 Å². The molecule has 0 unspecified atom stereocenters. The van der Waals surface area contributed by atoms with Crippen molar-refractivity contribution in [1.29, 1.82) is 0 Å². The molecule has 17 heavy (non-hydrogen) atoms. The number of hydrogen-bond acceptors (Lipinski definition) is 3. The summed E-state index contributed by atoms with van der Waals surface area (Å²) < 4.78 is 5.29. The van der Waals surface area contributed by atoms with Crippen molar-refractivity contribution in [2.45, 2.75) is 20.0 Å². The molecule has 1 rings (SSSR count). The summed E-state index contributed by atoms with van der Waals surface area (Å²) in [5.74, 6) is 0.508. The second kappa shape index (κ2) is 6.15. The predicted molar refractivity (Wildman–Crippen MR) is 68.0 cm³/mol. The van der Waals surface area contributed by atoms with Gasteiger partial charge in [-0.3, -0.25) is 9.69 Å². The molecule has 0 N–H and O–H groups in total. The first kappa shape index (κ1) is 13.4. The first-order valence-electron chi connectivity index (χ1n) is 5.50. The Balaban J connectivity index is 2.72. The first-order valence-corrected chi connectivity index (χ1v) is 5.50. The van der Waals surface area contributed by atoms with Crippen LogP contribution in [0.1, 0.15) is 12.6 Å². The fourth-order valence-corrected chi connectivity index (χ4v) is 1.38. The lowest BCUT2D eigenvalue weighted by molar-refractivity contribution is -0.128. The van der Waals surface area contributed by atoms with E-state index in [0.29, 0.717) is 12.4 Å². The zero-order chi connectivity index (χ0) is 12.8. The summed E-state index contributed by atoms with van der Waals surface area (Å²) >= 11 is 0. The largest absolute Gasteiger partial charge is 0.365 e. The molecule has 0 aliphatic rings. The molecule has 0 aliphatic heterocycles. The number of aromatic nitrogens is 1. The third-order valence-electron chi connectivity index (χ3n) is 2.36. The van der Waals surface area contributed by atoms with E-state index in [9.17, 15) is 4.79 Å². The lowest BCUT2D eigenvalue weighted by Crippen LogP contribution is -2.36. The van der Waals surface area contributed by atoms with Crippen molar-refractivity contribution in [3.8, 4) is 0 Å². The van der Waals surface area contributed by atoms with Crippen molar-refractivity contribution in [2.24, 2.45) is 0 Å². The Morgan fingerprint density at radius 2 is 2.35 bits per heavy atom. The van der Waals surface area contributed by atoms with Crippen LogP contribution >= 0.6 is 0 Å². The van der Waals surface area contributed by atoms with Crippen molar-refractivity contribution in [3.05, 3.63) is 36.5 Å². The molecule has 0 saturated heterocycles. The second-order valence-electron chi connectivity index (χ2n) is 3.80. The number of nitrogens with zero attached hydrogens (tertiary/aromatic N) is 2. The molecule has 0 bridgehead atoms. The Hall–Kier alpha value is -1.68. The van der Waals surface area contributed by atoms with Crippen LogP contribution in [0.25, 0.3) is 0 Å². The second-order valence-corrected chi connectivity index (χ2v) is 3.80. The Kier molecular flexibility index (Phi) is 4.84. The first-order chi connectivity index (χ1) is 8.06. The third-order valence-corrected chi connectivity index (χ3v) is 2.36. The van der Waals surface area contributed by atoms with E-state index in [4.69, 9.17) is 4.74 Å². The fourth-order valence-electron chi connectivity index (χ4n) is 1.38. The lowest BCUT2D eigenvalue weighted by Gasteiger charge is -2.20. The van der Waals surface area contributed by atoms with E-state index in [0.717, 1.165) is 5.69 Å². The van der Waals surface area contributed by atoms with Gasteiger partial charge in [-0.15, -0.1) is 6.58 Å². The van der Waals surface area contributed by atoms with Gasteiger partial charge in [0.1, 0.15) is 11.9 Å². The fraction of sp³-hybridized carbons (Fsp3) is 0.385. The molecule has 1 amide bonds. The minimum absolute atomic E-state index is 0.120. The van der Waals surface area contributed by atoms with Gasteiger partial charge in [0.2, 0.25) is 0 Å². The zero-order valence-electron chi connectivity index (χ0n) is 10.5. The van der Waals surface area contributed by atoms with Gasteiger partial charge in [0.05, 0.1) is 6.61 Å². The smallest absolute Gasteiger partial charge is 0.256 e. The van der Waals surface area contributed by atoms with E-state index < -0.39 is 6.10 Å². The molecular formula is C13H18N2O2. The molecule has 0 spiro atoms. The van der Waals surface area contributed by atoms with Crippen molar-refractivity contribution in [2.75, 3.05) is 18.6 Å². The van der Waals surface area contributed by atoms with Gasteiger partial charge in [0.25, 0.3) is 5.91 Å². The Morgan fingerprint density at radius 3 is 2.94 bits per heavy atom. The van der Waals surface area contributed by atoms with E-state index in [1.807, 2.05) is 19.1 Å². The monoisotopic (exact) mass is 234 g/mol. The van der Waals surface area contributed by atoms with Gasteiger partial charge in [-0.25, -0.2) is 4.98 Å². The topological polar surface area (TPSA) is 42.4 Å². The van der Waals surface area contributed by atoms with Gasteiger partial charge in [-0.2, -0.15) is 0 Å². The van der Waals surface area contributed by atoms with Crippen LogP contribution in [-0.2, 0) is 9.53 Å². The molecule has 1 aromatic rings. The maximum Gasteiger partial charge on any atom is 0.256 e. The standard InChI is InChI=1S/C13H18N2O2/c1-5-9-17-11(3)13(16)15(4)12-8-6-7-10(2)14-12/h5-8,11H,1,9H2,2-4H3/t11-/m1/s1. The highest BCUT2D eigenvalue weighted by Gasteiger charge is 2.19. The van der Waals surface area contributed by atoms with E-state index in [2.05, 4.69) is 11.6 Å². The Morgan fingerprint density at radius 1 is 1.65 bits per heavy atom. The highest BCUT2D eigenvalue weighted by molar-refractivity contribution is 5.94. The molecule has 1 atom stereocenters. The molecule has 0 aliphatic carbocycles. The maximum atomic E-state index is 12.0. The van der Waals surface area contributed by atoms with Crippen LogP contribution in [0.5, 0.6) is 0 Å². The number of ether oxygens (including phenoxy) is 1.